The highest BCUT2D eigenvalue weighted by molar-refractivity contribution is 9.09. The van der Waals surface area contributed by atoms with Crippen molar-refractivity contribution in [2.45, 2.75) is 0 Å². The molecule has 1 aromatic carbocycles. The standard InChI is InChI=1S/C9H5BrF2O4/c10-3-6(13)16-5-2-1-4(9(14)15)7(11)8(5)12/h1-2H,3H2,(H,14,15). The van der Waals surface area contributed by atoms with Gasteiger partial charge in [0.1, 0.15) is 5.33 Å². The molecule has 0 radical (unpaired) electrons. The third kappa shape index (κ3) is 2.54. The molecule has 0 saturated heterocycles. The lowest BCUT2D eigenvalue weighted by Gasteiger charge is -2.05. The molecular weight excluding hydrogens is 290 g/mol. The first-order chi connectivity index (χ1) is 7.47. The van der Waals surface area contributed by atoms with Crippen LogP contribution in [0.15, 0.2) is 12.1 Å². The molecule has 7 heteroatoms. The monoisotopic (exact) mass is 294 g/mol. The Kier molecular flexibility index (Phi) is 3.94. The molecule has 0 aliphatic rings. The third-order valence-corrected chi connectivity index (χ3v) is 2.07. The average Bonchev–Trinajstić information content (AvgIpc) is 2.24. The van der Waals surface area contributed by atoms with Gasteiger partial charge in [0.25, 0.3) is 0 Å². The third-order valence-electron chi connectivity index (χ3n) is 1.61. The molecule has 0 unspecified atom stereocenters. The normalized spacial score (nSPS) is 9.94. The number of benzene rings is 1. The van der Waals surface area contributed by atoms with E-state index in [0.717, 1.165) is 12.1 Å². The molecule has 0 aromatic heterocycles. The van der Waals surface area contributed by atoms with Gasteiger partial charge in [-0.3, -0.25) is 4.79 Å². The molecule has 16 heavy (non-hydrogen) atoms. The Morgan fingerprint density at radius 2 is 1.94 bits per heavy atom. The second kappa shape index (κ2) is 5.02. The van der Waals surface area contributed by atoms with Crippen molar-refractivity contribution in [3.63, 3.8) is 0 Å². The van der Waals surface area contributed by atoms with Gasteiger partial charge >= 0.3 is 11.9 Å². The van der Waals surface area contributed by atoms with Gasteiger partial charge in [-0.05, 0) is 12.1 Å². The number of hydrogen-bond donors (Lipinski definition) is 1. The molecule has 4 nitrogen and oxygen atoms in total. The van der Waals surface area contributed by atoms with E-state index in [1.54, 1.807) is 0 Å². The SMILES string of the molecule is O=C(CBr)Oc1ccc(C(=O)O)c(F)c1F. The Hall–Kier alpha value is -1.50. The van der Waals surface area contributed by atoms with Crippen LogP contribution in [0.1, 0.15) is 10.4 Å². The molecule has 0 bridgehead atoms. The molecule has 0 aliphatic heterocycles. The van der Waals surface area contributed by atoms with Crippen LogP contribution in [0, 0.1) is 11.6 Å². The fourth-order valence-electron chi connectivity index (χ4n) is 0.926. The van der Waals surface area contributed by atoms with Crippen LogP contribution in [0.25, 0.3) is 0 Å². The first kappa shape index (κ1) is 12.6. The van der Waals surface area contributed by atoms with Crippen LogP contribution in [-0.4, -0.2) is 22.4 Å². The Morgan fingerprint density at radius 3 is 2.44 bits per heavy atom. The Bertz CT molecular complexity index is 447. The summed E-state index contributed by atoms with van der Waals surface area (Å²) in [5.41, 5.74) is -0.823. The summed E-state index contributed by atoms with van der Waals surface area (Å²) in [5, 5.41) is 8.30. The smallest absolute Gasteiger partial charge is 0.338 e. The lowest BCUT2D eigenvalue weighted by molar-refractivity contribution is -0.131. The minimum absolute atomic E-state index is 0.186. The van der Waals surface area contributed by atoms with Crippen LogP contribution in [0.2, 0.25) is 0 Å². The van der Waals surface area contributed by atoms with Crippen LogP contribution in [0.5, 0.6) is 5.75 Å². The second-order valence-corrected chi connectivity index (χ2v) is 3.21. The van der Waals surface area contributed by atoms with Crippen LogP contribution in [-0.2, 0) is 4.79 Å². The number of aromatic carboxylic acids is 1. The van der Waals surface area contributed by atoms with Crippen molar-refractivity contribution in [3.05, 3.63) is 29.3 Å². The fourth-order valence-corrected chi connectivity index (χ4v) is 1.04. The van der Waals surface area contributed by atoms with Crippen molar-refractivity contribution in [3.8, 4) is 5.75 Å². The summed E-state index contributed by atoms with van der Waals surface area (Å²) in [6.45, 7) is 0. The zero-order valence-corrected chi connectivity index (χ0v) is 9.25. The maximum absolute atomic E-state index is 13.2. The zero-order valence-electron chi connectivity index (χ0n) is 7.67. The predicted octanol–water partition coefficient (Wildman–Crippen LogP) is 1.96. The summed E-state index contributed by atoms with van der Waals surface area (Å²) in [7, 11) is 0. The average molecular weight is 295 g/mol. The van der Waals surface area contributed by atoms with Crippen molar-refractivity contribution >= 4 is 27.9 Å². The number of alkyl halides is 1. The van der Waals surface area contributed by atoms with Gasteiger partial charge in [-0.1, -0.05) is 15.9 Å². The fraction of sp³-hybridized carbons (Fsp3) is 0.111. The van der Waals surface area contributed by atoms with E-state index in [1.165, 1.54) is 0 Å². The Morgan fingerprint density at radius 1 is 1.31 bits per heavy atom. The molecule has 0 spiro atoms. The van der Waals surface area contributed by atoms with Gasteiger partial charge in [-0.15, -0.1) is 0 Å². The van der Waals surface area contributed by atoms with E-state index in [1.807, 2.05) is 0 Å². The van der Waals surface area contributed by atoms with Crippen LogP contribution in [0.3, 0.4) is 0 Å². The van der Waals surface area contributed by atoms with Crippen molar-refractivity contribution in [1.29, 1.82) is 0 Å². The molecule has 0 fully saturated rings. The molecule has 0 amide bonds. The summed E-state index contributed by atoms with van der Waals surface area (Å²) in [6, 6.07) is 1.69. The van der Waals surface area contributed by atoms with Gasteiger partial charge in [-0.25, -0.2) is 9.18 Å². The number of ether oxygens (including phenoxy) is 1. The lowest BCUT2D eigenvalue weighted by Crippen LogP contribution is -2.11. The van der Waals surface area contributed by atoms with Gasteiger partial charge in [0.05, 0.1) is 5.56 Å². The van der Waals surface area contributed by atoms with Gasteiger partial charge in [-0.2, -0.15) is 4.39 Å². The molecule has 86 valence electrons. The Labute approximate surface area is 97.0 Å². The molecule has 0 heterocycles. The summed E-state index contributed by atoms with van der Waals surface area (Å²) in [4.78, 5) is 21.2. The number of carboxylic acid groups (broad SMARTS) is 1. The van der Waals surface area contributed by atoms with E-state index in [0.29, 0.717) is 0 Å². The molecule has 1 N–H and O–H groups in total. The van der Waals surface area contributed by atoms with E-state index in [4.69, 9.17) is 5.11 Å². The lowest BCUT2D eigenvalue weighted by atomic mass is 10.2. The quantitative estimate of drug-likeness (QED) is 0.526. The maximum Gasteiger partial charge on any atom is 0.338 e. The number of esters is 1. The molecule has 1 rings (SSSR count). The molecule has 0 aliphatic carbocycles. The summed E-state index contributed by atoms with van der Waals surface area (Å²) in [5.74, 6) is -6.13. The van der Waals surface area contributed by atoms with Gasteiger partial charge < -0.3 is 9.84 Å². The van der Waals surface area contributed by atoms with Crippen molar-refractivity contribution in [2.75, 3.05) is 5.33 Å². The highest BCUT2D eigenvalue weighted by Gasteiger charge is 2.20. The van der Waals surface area contributed by atoms with Crippen LogP contribution >= 0.6 is 15.9 Å². The van der Waals surface area contributed by atoms with Gasteiger partial charge in [0.15, 0.2) is 11.6 Å². The topological polar surface area (TPSA) is 63.6 Å². The van der Waals surface area contributed by atoms with Crippen molar-refractivity contribution in [1.82, 2.24) is 0 Å². The van der Waals surface area contributed by atoms with E-state index in [9.17, 15) is 18.4 Å². The molecular formula is C9H5BrF2O4. The second-order valence-electron chi connectivity index (χ2n) is 2.65. The van der Waals surface area contributed by atoms with Gasteiger partial charge in [0, 0.05) is 0 Å². The number of hydrogen-bond acceptors (Lipinski definition) is 3. The summed E-state index contributed by atoms with van der Waals surface area (Å²) >= 11 is 2.77. The molecule has 0 atom stereocenters. The van der Waals surface area contributed by atoms with E-state index < -0.39 is 34.9 Å². The predicted molar refractivity (Wildman–Crippen MR) is 52.7 cm³/mol. The van der Waals surface area contributed by atoms with Crippen molar-refractivity contribution in [2.24, 2.45) is 0 Å². The number of rotatable bonds is 3. The number of carbonyl (C=O) groups is 2. The zero-order chi connectivity index (χ0) is 12.3. The minimum Gasteiger partial charge on any atom is -0.478 e. The number of halogens is 3. The largest absolute Gasteiger partial charge is 0.478 e. The Balaban J connectivity index is 3.12. The molecule has 1 aromatic rings. The first-order valence-corrected chi connectivity index (χ1v) is 5.07. The number of carboxylic acids is 1. The first-order valence-electron chi connectivity index (χ1n) is 3.95. The van der Waals surface area contributed by atoms with Gasteiger partial charge in [0.2, 0.25) is 5.82 Å². The van der Waals surface area contributed by atoms with E-state index in [2.05, 4.69) is 20.7 Å². The highest BCUT2D eigenvalue weighted by atomic mass is 79.9. The maximum atomic E-state index is 13.2. The highest BCUT2D eigenvalue weighted by Crippen LogP contribution is 2.23. The van der Waals surface area contributed by atoms with E-state index in [-0.39, 0.29) is 5.33 Å². The van der Waals surface area contributed by atoms with E-state index >= 15 is 0 Å². The molecule has 0 saturated carbocycles. The summed E-state index contributed by atoms with van der Waals surface area (Å²) < 4.78 is 30.7. The van der Waals surface area contributed by atoms with Crippen LogP contribution in [0.4, 0.5) is 8.78 Å². The van der Waals surface area contributed by atoms with Crippen LogP contribution < -0.4 is 4.74 Å². The number of carbonyl (C=O) groups excluding carboxylic acids is 1. The van der Waals surface area contributed by atoms with Crippen molar-refractivity contribution < 1.29 is 28.2 Å². The summed E-state index contributed by atoms with van der Waals surface area (Å²) in [6.07, 6.45) is 0. The minimum atomic E-state index is -1.60.